The van der Waals surface area contributed by atoms with Crippen LogP contribution in [-0.2, 0) is 25.7 Å². The molecule has 11 heteroatoms. The molecule has 1 aliphatic heterocycles. The van der Waals surface area contributed by atoms with Crippen molar-refractivity contribution in [2.75, 3.05) is 6.54 Å². The van der Waals surface area contributed by atoms with Gasteiger partial charge in [-0.2, -0.15) is 0 Å². The summed E-state index contributed by atoms with van der Waals surface area (Å²) in [6.07, 6.45) is 0.333. The predicted octanol–water partition coefficient (Wildman–Crippen LogP) is 2.87. The number of thiazole rings is 1. The fraction of sp³-hybridized carbons (Fsp3) is 0.536. The Morgan fingerprint density at radius 3 is 2.44 bits per heavy atom. The first-order valence-corrected chi connectivity index (χ1v) is 14.1. The number of nitrogens with one attached hydrogen (secondary N) is 2. The van der Waals surface area contributed by atoms with E-state index in [9.17, 15) is 24.3 Å². The van der Waals surface area contributed by atoms with E-state index in [0.717, 1.165) is 21.7 Å². The van der Waals surface area contributed by atoms with Crippen molar-refractivity contribution in [3.8, 4) is 10.4 Å². The molecule has 0 unspecified atom stereocenters. The van der Waals surface area contributed by atoms with Gasteiger partial charge in [-0.1, -0.05) is 24.3 Å². The van der Waals surface area contributed by atoms with E-state index in [1.54, 1.807) is 32.1 Å². The van der Waals surface area contributed by atoms with Crippen LogP contribution in [0.25, 0.3) is 10.4 Å². The van der Waals surface area contributed by atoms with Gasteiger partial charge in [0, 0.05) is 38.4 Å². The van der Waals surface area contributed by atoms with Gasteiger partial charge >= 0.3 is 5.97 Å². The van der Waals surface area contributed by atoms with Crippen molar-refractivity contribution in [2.45, 2.75) is 84.5 Å². The quantitative estimate of drug-likeness (QED) is 0.293. The highest BCUT2D eigenvalue weighted by Crippen LogP contribution is 2.30. The molecular weight excluding hydrogens is 520 g/mol. The first-order valence-electron chi connectivity index (χ1n) is 13.2. The Balaban J connectivity index is 1.57. The Morgan fingerprint density at radius 1 is 1.15 bits per heavy atom. The van der Waals surface area contributed by atoms with Crippen LogP contribution in [0.4, 0.5) is 0 Å². The molecule has 0 saturated carbocycles. The summed E-state index contributed by atoms with van der Waals surface area (Å²) < 4.78 is 0. The van der Waals surface area contributed by atoms with Gasteiger partial charge in [-0.25, -0.2) is 4.98 Å². The van der Waals surface area contributed by atoms with Crippen molar-refractivity contribution in [3.05, 3.63) is 41.0 Å². The number of carbonyl (C=O) groups is 4. The summed E-state index contributed by atoms with van der Waals surface area (Å²) in [5.74, 6) is -1.84. The van der Waals surface area contributed by atoms with Crippen molar-refractivity contribution in [3.63, 3.8) is 0 Å². The number of nitrogens with zero attached hydrogens (tertiary/aromatic N) is 2. The number of carboxylic acid groups (broad SMARTS) is 1. The van der Waals surface area contributed by atoms with Crippen molar-refractivity contribution < 1.29 is 29.4 Å². The van der Waals surface area contributed by atoms with E-state index in [0.29, 0.717) is 12.8 Å². The minimum Gasteiger partial charge on any atom is -0.481 e. The Labute approximate surface area is 232 Å². The Morgan fingerprint density at radius 2 is 1.82 bits per heavy atom. The van der Waals surface area contributed by atoms with Crippen LogP contribution in [0.1, 0.15) is 64.1 Å². The molecule has 1 aliphatic rings. The SMILES string of the molecule is Cc1ncsc1-c1ccc(CNC(=O)[C@@H]2C[C@@H](O)CN2C(=O)C(C)(C)[C@H](C)NC(=O)CCCCC(=O)O)cc1. The van der Waals surface area contributed by atoms with E-state index in [2.05, 4.69) is 15.6 Å². The topological polar surface area (TPSA) is 149 Å². The lowest BCUT2D eigenvalue weighted by Gasteiger charge is -2.36. The number of aromatic nitrogens is 1. The van der Waals surface area contributed by atoms with Crippen molar-refractivity contribution in [1.29, 1.82) is 0 Å². The number of rotatable bonds is 12. The van der Waals surface area contributed by atoms with Crippen LogP contribution in [0.3, 0.4) is 0 Å². The number of hydrogen-bond acceptors (Lipinski definition) is 7. The Hall–Kier alpha value is -3.31. The summed E-state index contributed by atoms with van der Waals surface area (Å²) >= 11 is 1.57. The molecule has 39 heavy (non-hydrogen) atoms. The number of β-amino-alcohol motifs (C(OH)–C–C–N with tert-alkyl or cyclic N) is 1. The minimum absolute atomic E-state index is 0.00538. The molecular formula is C28H38N4O6S. The molecule has 1 aromatic carbocycles. The second kappa shape index (κ2) is 13.2. The summed E-state index contributed by atoms with van der Waals surface area (Å²) in [6.45, 7) is 7.43. The van der Waals surface area contributed by atoms with Gasteiger partial charge in [0.1, 0.15) is 6.04 Å². The molecule has 4 N–H and O–H groups in total. The fourth-order valence-electron chi connectivity index (χ4n) is 4.56. The number of hydrogen-bond donors (Lipinski definition) is 4. The second-order valence-corrected chi connectivity index (χ2v) is 11.5. The maximum Gasteiger partial charge on any atom is 0.303 e. The second-order valence-electron chi connectivity index (χ2n) is 10.7. The lowest BCUT2D eigenvalue weighted by Crippen LogP contribution is -2.55. The molecule has 3 amide bonds. The molecule has 2 aromatic rings. The lowest BCUT2D eigenvalue weighted by atomic mass is 9.83. The molecule has 10 nitrogen and oxygen atoms in total. The molecule has 3 rings (SSSR count). The van der Waals surface area contributed by atoms with E-state index in [-0.39, 0.29) is 50.1 Å². The predicted molar refractivity (Wildman–Crippen MR) is 148 cm³/mol. The molecule has 0 bridgehead atoms. The molecule has 0 radical (unpaired) electrons. The van der Waals surface area contributed by atoms with Crippen LogP contribution in [-0.4, -0.2) is 68.5 Å². The third-order valence-electron chi connectivity index (χ3n) is 7.33. The normalized spacial score (nSPS) is 18.0. The summed E-state index contributed by atoms with van der Waals surface area (Å²) in [5, 5.41) is 24.8. The summed E-state index contributed by atoms with van der Waals surface area (Å²) in [7, 11) is 0. The number of carbonyl (C=O) groups excluding carboxylic acids is 3. The lowest BCUT2D eigenvalue weighted by molar-refractivity contribution is -0.147. The van der Waals surface area contributed by atoms with Crippen LogP contribution < -0.4 is 10.6 Å². The highest BCUT2D eigenvalue weighted by Gasteiger charge is 2.46. The molecule has 1 aromatic heterocycles. The number of aryl methyl sites for hydroxylation is 1. The number of aliphatic carboxylic acids is 1. The van der Waals surface area contributed by atoms with Gasteiger partial charge < -0.3 is 25.7 Å². The number of unbranched alkanes of at least 4 members (excludes halogenated alkanes) is 1. The van der Waals surface area contributed by atoms with Gasteiger partial charge in [0.2, 0.25) is 17.7 Å². The average Bonchev–Trinajstić information content (AvgIpc) is 3.50. The van der Waals surface area contributed by atoms with E-state index in [1.807, 2.05) is 36.7 Å². The molecule has 1 fully saturated rings. The largest absolute Gasteiger partial charge is 0.481 e. The zero-order chi connectivity index (χ0) is 28.7. The van der Waals surface area contributed by atoms with E-state index < -0.39 is 29.6 Å². The average molecular weight is 559 g/mol. The van der Waals surface area contributed by atoms with Crippen molar-refractivity contribution >= 4 is 35.0 Å². The highest BCUT2D eigenvalue weighted by atomic mass is 32.1. The maximum atomic E-state index is 13.6. The Bertz CT molecular complexity index is 1180. The molecule has 3 atom stereocenters. The van der Waals surface area contributed by atoms with Crippen molar-refractivity contribution in [1.82, 2.24) is 20.5 Å². The summed E-state index contributed by atoms with van der Waals surface area (Å²) in [5.41, 5.74) is 3.71. The number of benzene rings is 1. The van der Waals surface area contributed by atoms with Crippen LogP contribution in [0.5, 0.6) is 0 Å². The summed E-state index contributed by atoms with van der Waals surface area (Å²) in [4.78, 5) is 56.4. The van der Waals surface area contributed by atoms with Gasteiger partial charge in [0.25, 0.3) is 0 Å². The van der Waals surface area contributed by atoms with Gasteiger partial charge in [-0.15, -0.1) is 11.3 Å². The van der Waals surface area contributed by atoms with Crippen molar-refractivity contribution in [2.24, 2.45) is 5.41 Å². The number of amides is 3. The molecule has 0 spiro atoms. The molecule has 2 heterocycles. The van der Waals surface area contributed by atoms with E-state index in [4.69, 9.17) is 5.11 Å². The third-order valence-corrected chi connectivity index (χ3v) is 8.30. The fourth-order valence-corrected chi connectivity index (χ4v) is 5.37. The molecule has 1 saturated heterocycles. The molecule has 0 aliphatic carbocycles. The summed E-state index contributed by atoms with van der Waals surface area (Å²) in [6, 6.07) is 6.50. The monoisotopic (exact) mass is 558 g/mol. The van der Waals surface area contributed by atoms with Gasteiger partial charge in [-0.3, -0.25) is 19.2 Å². The van der Waals surface area contributed by atoms with Crippen LogP contribution >= 0.6 is 11.3 Å². The number of aliphatic hydroxyl groups excluding tert-OH is 1. The highest BCUT2D eigenvalue weighted by molar-refractivity contribution is 7.13. The van der Waals surface area contributed by atoms with E-state index in [1.165, 1.54) is 4.90 Å². The van der Waals surface area contributed by atoms with Crippen LogP contribution in [0.15, 0.2) is 29.8 Å². The maximum absolute atomic E-state index is 13.6. The minimum atomic E-state index is -1.04. The first kappa shape index (κ1) is 30.2. The number of aliphatic hydroxyl groups is 1. The zero-order valence-electron chi connectivity index (χ0n) is 22.9. The van der Waals surface area contributed by atoms with Crippen LogP contribution in [0, 0.1) is 12.3 Å². The van der Waals surface area contributed by atoms with Gasteiger partial charge in [0.05, 0.1) is 27.6 Å². The zero-order valence-corrected chi connectivity index (χ0v) is 23.7. The third kappa shape index (κ3) is 7.86. The standard InChI is InChI=1S/C28H38N4O6S/c1-17-25(39-16-30-17)20-11-9-19(10-12-20)14-29-26(37)22-13-21(33)15-32(22)27(38)28(3,4)18(2)31-23(34)7-5-6-8-24(35)36/h9-12,16,18,21-22,33H,5-8,13-15H2,1-4H3,(H,29,37)(H,31,34)(H,35,36)/t18-,21+,22-/m0/s1. The van der Waals surface area contributed by atoms with E-state index >= 15 is 0 Å². The Kier molecular flexibility index (Phi) is 10.2. The number of carboxylic acids is 1. The van der Waals surface area contributed by atoms with Gasteiger partial charge in [-0.05, 0) is 51.7 Å². The number of likely N-dealkylation sites (tertiary alicyclic amines) is 1. The van der Waals surface area contributed by atoms with Crippen LogP contribution in [0.2, 0.25) is 0 Å². The smallest absolute Gasteiger partial charge is 0.303 e. The van der Waals surface area contributed by atoms with Gasteiger partial charge in [0.15, 0.2) is 0 Å². The molecule has 212 valence electrons. The first-order chi connectivity index (χ1) is 18.4.